The van der Waals surface area contributed by atoms with Crippen LogP contribution in [0.15, 0.2) is 24.3 Å². The topological polar surface area (TPSA) is 62.8 Å². The molecule has 1 aromatic carbocycles. The number of benzene rings is 1. The minimum absolute atomic E-state index is 0.0573. The van der Waals surface area contributed by atoms with Crippen LogP contribution in [0.3, 0.4) is 0 Å². The Balaban J connectivity index is 1.41. The first-order valence-corrected chi connectivity index (χ1v) is 9.23. The van der Waals surface area contributed by atoms with Crippen LogP contribution in [0.2, 0.25) is 0 Å². The second kappa shape index (κ2) is 8.43. The first kappa shape index (κ1) is 17.9. The molecule has 6 heteroatoms. The third kappa shape index (κ3) is 4.78. The van der Waals surface area contributed by atoms with Crippen LogP contribution in [0.4, 0.5) is 10.5 Å². The van der Waals surface area contributed by atoms with Gasteiger partial charge < -0.3 is 25.0 Å². The van der Waals surface area contributed by atoms with Crippen molar-refractivity contribution in [3.63, 3.8) is 0 Å². The summed E-state index contributed by atoms with van der Waals surface area (Å²) in [5, 5.41) is 6.13. The second-order valence-electron chi connectivity index (χ2n) is 6.92. The first-order chi connectivity index (χ1) is 12.2. The number of nitrogens with one attached hydrogen (secondary N) is 2. The number of anilines is 1. The minimum atomic E-state index is -0.0779. The normalized spacial score (nSPS) is 22.5. The largest absolute Gasteiger partial charge is 0.497 e. The lowest BCUT2D eigenvalue weighted by atomic mass is 10.0. The summed E-state index contributed by atoms with van der Waals surface area (Å²) in [5.41, 5.74) is 1.20. The molecule has 2 amide bonds. The van der Waals surface area contributed by atoms with Crippen LogP contribution in [0.5, 0.6) is 5.75 Å². The number of carbonyl (C=O) groups excluding carboxylic acids is 1. The zero-order valence-electron chi connectivity index (χ0n) is 15.2. The van der Waals surface area contributed by atoms with Crippen LogP contribution in [0.1, 0.15) is 32.6 Å². The Kier molecular flexibility index (Phi) is 6.02. The molecule has 2 aliphatic heterocycles. The third-order valence-electron chi connectivity index (χ3n) is 5.15. The average molecular weight is 347 g/mol. The number of hydrogen-bond donors (Lipinski definition) is 2. The quantitative estimate of drug-likeness (QED) is 0.859. The van der Waals surface area contributed by atoms with Gasteiger partial charge in [-0.25, -0.2) is 4.79 Å². The maximum Gasteiger partial charge on any atom is 0.315 e. The number of hydrogen-bond acceptors (Lipinski definition) is 4. The van der Waals surface area contributed by atoms with E-state index in [1.807, 2.05) is 19.1 Å². The van der Waals surface area contributed by atoms with Crippen molar-refractivity contribution in [2.45, 2.75) is 50.8 Å². The molecule has 2 fully saturated rings. The molecule has 0 radical (unpaired) electrons. The smallest absolute Gasteiger partial charge is 0.315 e. The lowest BCUT2D eigenvalue weighted by Crippen LogP contribution is -2.51. The van der Waals surface area contributed by atoms with Crippen molar-refractivity contribution in [3.05, 3.63) is 24.3 Å². The highest BCUT2D eigenvalue weighted by atomic mass is 16.5. The number of methoxy groups -OCH3 is 1. The SMILES string of the molecule is COc1ccc(N2CCC(NC(=O)N[C@H](C)[C@@H]3CCCO3)CC2)cc1. The van der Waals surface area contributed by atoms with Crippen molar-refractivity contribution in [2.75, 3.05) is 31.7 Å². The summed E-state index contributed by atoms with van der Waals surface area (Å²) in [4.78, 5) is 14.5. The molecular weight excluding hydrogens is 318 g/mol. The van der Waals surface area contributed by atoms with Gasteiger partial charge in [0.2, 0.25) is 0 Å². The molecule has 0 aliphatic carbocycles. The highest BCUT2D eigenvalue weighted by Gasteiger charge is 2.25. The Morgan fingerprint density at radius 2 is 1.96 bits per heavy atom. The molecule has 2 atom stereocenters. The second-order valence-corrected chi connectivity index (χ2v) is 6.92. The summed E-state index contributed by atoms with van der Waals surface area (Å²) in [7, 11) is 1.68. The maximum atomic E-state index is 12.2. The summed E-state index contributed by atoms with van der Waals surface area (Å²) in [6, 6.07) is 8.35. The van der Waals surface area contributed by atoms with Crippen molar-refractivity contribution >= 4 is 11.7 Å². The van der Waals surface area contributed by atoms with Crippen LogP contribution in [0.25, 0.3) is 0 Å². The van der Waals surface area contributed by atoms with E-state index in [-0.39, 0.29) is 24.2 Å². The van der Waals surface area contributed by atoms with Gasteiger partial charge >= 0.3 is 6.03 Å². The Morgan fingerprint density at radius 3 is 2.56 bits per heavy atom. The van der Waals surface area contributed by atoms with Crippen molar-refractivity contribution in [1.82, 2.24) is 10.6 Å². The fourth-order valence-corrected chi connectivity index (χ4v) is 3.60. The van der Waals surface area contributed by atoms with Gasteiger partial charge in [-0.1, -0.05) is 0 Å². The number of urea groups is 1. The number of amides is 2. The number of piperidine rings is 1. The first-order valence-electron chi connectivity index (χ1n) is 9.23. The van der Waals surface area contributed by atoms with Gasteiger partial charge in [0.1, 0.15) is 5.75 Å². The van der Waals surface area contributed by atoms with E-state index in [1.54, 1.807) is 7.11 Å². The molecule has 0 spiro atoms. The predicted molar refractivity (Wildman–Crippen MR) is 98.3 cm³/mol. The van der Waals surface area contributed by atoms with Gasteiger partial charge in [-0.2, -0.15) is 0 Å². The number of carbonyl (C=O) groups is 1. The zero-order valence-corrected chi connectivity index (χ0v) is 15.2. The molecule has 2 heterocycles. The summed E-state index contributed by atoms with van der Waals surface area (Å²) in [5.74, 6) is 0.873. The van der Waals surface area contributed by atoms with E-state index in [0.717, 1.165) is 51.1 Å². The molecule has 0 saturated carbocycles. The van der Waals surface area contributed by atoms with Gasteiger partial charge in [0, 0.05) is 31.4 Å². The molecule has 0 aromatic heterocycles. The molecule has 0 bridgehead atoms. The van der Waals surface area contributed by atoms with Gasteiger partial charge in [0.25, 0.3) is 0 Å². The average Bonchev–Trinajstić information content (AvgIpc) is 3.17. The molecule has 2 saturated heterocycles. The van der Waals surface area contributed by atoms with Crippen molar-refractivity contribution in [3.8, 4) is 5.75 Å². The van der Waals surface area contributed by atoms with Crippen molar-refractivity contribution in [1.29, 1.82) is 0 Å². The number of ether oxygens (including phenoxy) is 2. The van der Waals surface area contributed by atoms with E-state index in [4.69, 9.17) is 9.47 Å². The Morgan fingerprint density at radius 1 is 1.24 bits per heavy atom. The van der Waals surface area contributed by atoms with Gasteiger partial charge in [-0.15, -0.1) is 0 Å². The summed E-state index contributed by atoms with van der Waals surface area (Å²) in [6.07, 6.45) is 4.17. The molecule has 6 nitrogen and oxygen atoms in total. The maximum absolute atomic E-state index is 12.2. The summed E-state index contributed by atoms with van der Waals surface area (Å²) < 4.78 is 10.8. The van der Waals surface area contributed by atoms with Crippen molar-refractivity contribution < 1.29 is 14.3 Å². The van der Waals surface area contributed by atoms with Crippen LogP contribution >= 0.6 is 0 Å². The van der Waals surface area contributed by atoms with E-state index in [9.17, 15) is 4.79 Å². The monoisotopic (exact) mass is 347 g/mol. The van der Waals surface area contributed by atoms with Crippen LogP contribution in [0, 0.1) is 0 Å². The molecule has 2 aliphatic rings. The molecule has 0 unspecified atom stereocenters. The van der Waals surface area contributed by atoms with E-state index < -0.39 is 0 Å². The number of rotatable bonds is 5. The van der Waals surface area contributed by atoms with E-state index >= 15 is 0 Å². The van der Waals surface area contributed by atoms with Gasteiger partial charge in [-0.3, -0.25) is 0 Å². The highest BCUT2D eigenvalue weighted by Crippen LogP contribution is 2.23. The third-order valence-corrected chi connectivity index (χ3v) is 5.15. The van der Waals surface area contributed by atoms with E-state index in [2.05, 4.69) is 27.7 Å². The Labute approximate surface area is 149 Å². The molecular formula is C19H29N3O3. The lowest BCUT2D eigenvalue weighted by Gasteiger charge is -2.34. The molecule has 25 heavy (non-hydrogen) atoms. The molecule has 138 valence electrons. The standard InChI is InChI=1S/C19H29N3O3/c1-14(18-4-3-13-25-18)20-19(23)21-15-9-11-22(12-10-15)16-5-7-17(24-2)8-6-16/h5-8,14-15,18H,3-4,9-13H2,1-2H3,(H2,20,21,23)/t14-,18+/m1/s1. The van der Waals surface area contributed by atoms with Gasteiger partial charge in [-0.05, 0) is 56.9 Å². The van der Waals surface area contributed by atoms with Crippen LogP contribution in [-0.2, 0) is 4.74 Å². The van der Waals surface area contributed by atoms with Gasteiger partial charge in [0.15, 0.2) is 0 Å². The Hall–Kier alpha value is -1.95. The van der Waals surface area contributed by atoms with E-state index in [1.165, 1.54) is 5.69 Å². The summed E-state index contributed by atoms with van der Waals surface area (Å²) in [6.45, 7) is 4.71. The Bertz CT molecular complexity index is 550. The number of nitrogens with zero attached hydrogens (tertiary/aromatic N) is 1. The van der Waals surface area contributed by atoms with Crippen LogP contribution in [-0.4, -0.2) is 51.0 Å². The molecule has 2 N–H and O–H groups in total. The minimum Gasteiger partial charge on any atom is -0.497 e. The molecule has 3 rings (SSSR count). The fourth-order valence-electron chi connectivity index (χ4n) is 3.60. The van der Waals surface area contributed by atoms with E-state index in [0.29, 0.717) is 0 Å². The van der Waals surface area contributed by atoms with Gasteiger partial charge in [0.05, 0.1) is 19.3 Å². The van der Waals surface area contributed by atoms with Crippen molar-refractivity contribution in [2.24, 2.45) is 0 Å². The summed E-state index contributed by atoms with van der Waals surface area (Å²) >= 11 is 0. The highest BCUT2D eigenvalue weighted by molar-refractivity contribution is 5.74. The van der Waals surface area contributed by atoms with Crippen LogP contribution < -0.4 is 20.3 Å². The lowest BCUT2D eigenvalue weighted by molar-refractivity contribution is 0.0858. The predicted octanol–water partition coefficient (Wildman–Crippen LogP) is 2.53. The zero-order chi connectivity index (χ0) is 17.6. The molecule has 1 aromatic rings. The fraction of sp³-hybridized carbons (Fsp3) is 0.632.